The highest BCUT2D eigenvalue weighted by molar-refractivity contribution is 7.89. The standard InChI is InChI=1S/C23H29N3O5S/c1-24-32(29,30)19-8-9-21-17(12-19)13-22(31-21)23(28)25(2)20(16-6-4-3-5-7-16)15-26-11-10-18(27)14-26/h3-9,12,18,20,22,24,27H,10-11,13-15H2,1-2H3. The van der Waals surface area contributed by atoms with Gasteiger partial charge in [-0.2, -0.15) is 0 Å². The van der Waals surface area contributed by atoms with Gasteiger partial charge >= 0.3 is 0 Å². The molecule has 3 unspecified atom stereocenters. The first kappa shape index (κ1) is 22.7. The van der Waals surface area contributed by atoms with Crippen LogP contribution in [0.1, 0.15) is 23.6 Å². The highest BCUT2D eigenvalue weighted by Gasteiger charge is 2.36. The van der Waals surface area contributed by atoms with Crippen molar-refractivity contribution in [2.75, 3.05) is 33.7 Å². The van der Waals surface area contributed by atoms with Crippen molar-refractivity contribution in [2.24, 2.45) is 0 Å². The number of β-amino-alcohol motifs (C(OH)–C–C–N with tert-alkyl or cyclic N) is 1. The average Bonchev–Trinajstić information content (AvgIpc) is 3.42. The number of nitrogens with one attached hydrogen (secondary N) is 1. The van der Waals surface area contributed by atoms with Crippen LogP contribution in [0.15, 0.2) is 53.4 Å². The number of nitrogens with zero attached hydrogens (tertiary/aromatic N) is 2. The summed E-state index contributed by atoms with van der Waals surface area (Å²) in [4.78, 5) is 17.4. The number of amides is 1. The van der Waals surface area contributed by atoms with E-state index in [4.69, 9.17) is 4.74 Å². The molecule has 2 aliphatic heterocycles. The van der Waals surface area contributed by atoms with E-state index in [0.29, 0.717) is 30.8 Å². The summed E-state index contributed by atoms with van der Waals surface area (Å²) in [5.74, 6) is 0.374. The zero-order valence-electron chi connectivity index (χ0n) is 18.3. The summed E-state index contributed by atoms with van der Waals surface area (Å²) < 4.78 is 32.4. The number of carbonyl (C=O) groups is 1. The molecule has 1 amide bonds. The minimum atomic E-state index is -3.57. The highest BCUT2D eigenvalue weighted by Crippen LogP contribution is 2.33. The van der Waals surface area contributed by atoms with Gasteiger partial charge in [0.15, 0.2) is 6.10 Å². The fraction of sp³-hybridized carbons (Fsp3) is 0.435. The van der Waals surface area contributed by atoms with Crippen molar-refractivity contribution < 1.29 is 23.1 Å². The van der Waals surface area contributed by atoms with Gasteiger partial charge in [0.1, 0.15) is 5.75 Å². The molecule has 2 N–H and O–H groups in total. The lowest BCUT2D eigenvalue weighted by molar-refractivity contribution is -0.139. The second kappa shape index (κ2) is 9.19. The van der Waals surface area contributed by atoms with Gasteiger partial charge in [-0.3, -0.25) is 9.69 Å². The third kappa shape index (κ3) is 4.66. The molecule has 0 aromatic heterocycles. The molecular formula is C23H29N3O5S. The van der Waals surface area contributed by atoms with Crippen LogP contribution in [0.5, 0.6) is 5.75 Å². The van der Waals surface area contributed by atoms with E-state index in [1.165, 1.54) is 13.1 Å². The number of likely N-dealkylation sites (N-methyl/N-ethyl adjacent to an activating group) is 1. The third-order valence-corrected chi connectivity index (χ3v) is 7.65. The van der Waals surface area contributed by atoms with E-state index in [-0.39, 0.29) is 22.9 Å². The normalized spacial score (nSPS) is 21.7. The summed E-state index contributed by atoms with van der Waals surface area (Å²) in [6, 6.07) is 14.3. The second-order valence-corrected chi connectivity index (χ2v) is 10.3. The second-order valence-electron chi connectivity index (χ2n) is 8.37. The van der Waals surface area contributed by atoms with Gasteiger partial charge in [0.2, 0.25) is 10.0 Å². The maximum absolute atomic E-state index is 13.4. The Morgan fingerprint density at radius 3 is 2.69 bits per heavy atom. The van der Waals surface area contributed by atoms with Crippen LogP contribution in [0.3, 0.4) is 0 Å². The molecule has 4 rings (SSSR count). The van der Waals surface area contributed by atoms with Gasteiger partial charge in [0, 0.05) is 33.1 Å². The molecule has 8 nitrogen and oxygen atoms in total. The molecule has 0 spiro atoms. The Kier molecular flexibility index (Phi) is 6.52. The first-order valence-electron chi connectivity index (χ1n) is 10.7. The van der Waals surface area contributed by atoms with Gasteiger partial charge < -0.3 is 14.7 Å². The summed E-state index contributed by atoms with van der Waals surface area (Å²) in [6.45, 7) is 2.01. The van der Waals surface area contributed by atoms with E-state index in [0.717, 1.165) is 18.5 Å². The quantitative estimate of drug-likeness (QED) is 0.645. The lowest BCUT2D eigenvalue weighted by Crippen LogP contribution is -2.44. The van der Waals surface area contributed by atoms with Crippen LogP contribution in [0.2, 0.25) is 0 Å². The SMILES string of the molecule is CNS(=O)(=O)c1ccc2c(c1)CC(C(=O)N(C)C(CN1CCC(O)C1)c1ccccc1)O2. The molecule has 0 bridgehead atoms. The van der Waals surface area contributed by atoms with Crippen molar-refractivity contribution in [1.82, 2.24) is 14.5 Å². The molecule has 2 aromatic rings. The molecule has 1 saturated heterocycles. The number of likely N-dealkylation sites (tertiary alicyclic amines) is 1. The predicted octanol–water partition coefficient (Wildman–Crippen LogP) is 1.16. The monoisotopic (exact) mass is 459 g/mol. The molecule has 0 radical (unpaired) electrons. The number of hydrogen-bond donors (Lipinski definition) is 2. The van der Waals surface area contributed by atoms with Crippen molar-refractivity contribution in [3.63, 3.8) is 0 Å². The first-order chi connectivity index (χ1) is 15.3. The molecule has 2 heterocycles. The van der Waals surface area contributed by atoms with E-state index in [1.54, 1.807) is 24.1 Å². The first-order valence-corrected chi connectivity index (χ1v) is 12.2. The van der Waals surface area contributed by atoms with Crippen LogP contribution in [0.25, 0.3) is 0 Å². The number of benzene rings is 2. The summed E-state index contributed by atoms with van der Waals surface area (Å²) in [7, 11) is -0.430. The fourth-order valence-electron chi connectivity index (χ4n) is 4.38. The smallest absolute Gasteiger partial charge is 0.264 e. The summed E-state index contributed by atoms with van der Waals surface area (Å²) in [5, 5.41) is 9.91. The van der Waals surface area contributed by atoms with Gasteiger partial charge in [-0.25, -0.2) is 13.1 Å². The minimum Gasteiger partial charge on any atom is -0.480 e. The molecule has 172 valence electrons. The Hall–Kier alpha value is -2.46. The Labute approximate surface area is 188 Å². The van der Waals surface area contributed by atoms with Gasteiger partial charge in [-0.05, 0) is 42.8 Å². The number of rotatable bonds is 7. The molecule has 0 aliphatic carbocycles. The van der Waals surface area contributed by atoms with E-state index in [1.807, 2.05) is 30.3 Å². The molecule has 9 heteroatoms. The summed E-state index contributed by atoms with van der Waals surface area (Å²) in [6.07, 6.45) is 0.00855. The number of sulfonamides is 1. The van der Waals surface area contributed by atoms with E-state index < -0.39 is 16.1 Å². The zero-order valence-corrected chi connectivity index (χ0v) is 19.1. The molecule has 2 aromatic carbocycles. The van der Waals surface area contributed by atoms with Crippen LogP contribution in [0, 0.1) is 0 Å². The number of hydrogen-bond acceptors (Lipinski definition) is 6. The Morgan fingerprint density at radius 2 is 2.03 bits per heavy atom. The van der Waals surface area contributed by atoms with Gasteiger partial charge in [0.05, 0.1) is 17.0 Å². The molecule has 1 fully saturated rings. The number of ether oxygens (including phenoxy) is 1. The summed E-state index contributed by atoms with van der Waals surface area (Å²) in [5.41, 5.74) is 1.72. The van der Waals surface area contributed by atoms with Crippen LogP contribution in [-0.4, -0.2) is 75.2 Å². The fourth-order valence-corrected chi connectivity index (χ4v) is 5.16. The molecule has 32 heavy (non-hydrogen) atoms. The van der Waals surface area contributed by atoms with E-state index in [2.05, 4.69) is 9.62 Å². The van der Waals surface area contributed by atoms with Crippen LogP contribution < -0.4 is 9.46 Å². The Bertz CT molecular complexity index is 1080. The lowest BCUT2D eigenvalue weighted by Gasteiger charge is -2.33. The Balaban J connectivity index is 1.52. The largest absolute Gasteiger partial charge is 0.480 e. The van der Waals surface area contributed by atoms with Crippen molar-refractivity contribution >= 4 is 15.9 Å². The van der Waals surface area contributed by atoms with Crippen molar-refractivity contribution in [3.8, 4) is 5.75 Å². The predicted molar refractivity (Wildman–Crippen MR) is 120 cm³/mol. The third-order valence-electron chi connectivity index (χ3n) is 6.24. The van der Waals surface area contributed by atoms with E-state index >= 15 is 0 Å². The molecular weight excluding hydrogens is 430 g/mol. The number of aliphatic hydroxyl groups excluding tert-OH is 1. The van der Waals surface area contributed by atoms with Crippen molar-refractivity contribution in [2.45, 2.75) is 36.0 Å². The average molecular weight is 460 g/mol. The summed E-state index contributed by atoms with van der Waals surface area (Å²) >= 11 is 0. The van der Waals surface area contributed by atoms with Crippen LogP contribution in [-0.2, 0) is 21.2 Å². The maximum Gasteiger partial charge on any atom is 0.264 e. The van der Waals surface area contributed by atoms with Crippen molar-refractivity contribution in [1.29, 1.82) is 0 Å². The zero-order chi connectivity index (χ0) is 22.9. The molecule has 3 atom stereocenters. The number of carbonyl (C=O) groups excluding carboxylic acids is 1. The minimum absolute atomic E-state index is 0.151. The molecule has 0 saturated carbocycles. The lowest BCUT2D eigenvalue weighted by atomic mass is 10.0. The number of fused-ring (bicyclic) bond motifs is 1. The van der Waals surface area contributed by atoms with Crippen LogP contribution in [0.4, 0.5) is 0 Å². The van der Waals surface area contributed by atoms with Gasteiger partial charge in [-0.1, -0.05) is 30.3 Å². The topological polar surface area (TPSA) is 99.2 Å². The highest BCUT2D eigenvalue weighted by atomic mass is 32.2. The van der Waals surface area contributed by atoms with Crippen molar-refractivity contribution in [3.05, 3.63) is 59.7 Å². The Morgan fingerprint density at radius 1 is 1.28 bits per heavy atom. The van der Waals surface area contributed by atoms with E-state index in [9.17, 15) is 18.3 Å². The van der Waals surface area contributed by atoms with Crippen LogP contribution >= 0.6 is 0 Å². The maximum atomic E-state index is 13.4. The van der Waals surface area contributed by atoms with Gasteiger partial charge in [0.25, 0.3) is 5.91 Å². The number of aliphatic hydroxyl groups is 1. The molecule has 2 aliphatic rings. The van der Waals surface area contributed by atoms with Gasteiger partial charge in [-0.15, -0.1) is 0 Å².